The fraction of sp³-hybridized carbons (Fsp3) is 0.577. The summed E-state index contributed by atoms with van der Waals surface area (Å²) in [5, 5.41) is 15.3. The number of rotatable bonds is 4. The van der Waals surface area contributed by atoms with Crippen molar-refractivity contribution in [1.82, 2.24) is 19.4 Å². The van der Waals surface area contributed by atoms with Crippen molar-refractivity contribution in [2.45, 2.75) is 62.6 Å². The second kappa shape index (κ2) is 8.92. The van der Waals surface area contributed by atoms with Crippen LogP contribution < -0.4 is 15.8 Å². The maximum Gasteiger partial charge on any atom is 0.260 e. The Balaban J connectivity index is 1.45. The van der Waals surface area contributed by atoms with Crippen LogP contribution in [0.4, 0.5) is 20.4 Å². The molecule has 0 spiro atoms. The fourth-order valence-corrected chi connectivity index (χ4v) is 5.85. The van der Waals surface area contributed by atoms with Crippen molar-refractivity contribution < 1.29 is 13.9 Å². The first-order valence-electron chi connectivity index (χ1n) is 12.9. The number of benzene rings is 1. The quantitative estimate of drug-likeness (QED) is 0.534. The van der Waals surface area contributed by atoms with Crippen LogP contribution in [0.25, 0.3) is 21.8 Å². The lowest BCUT2D eigenvalue weighted by Gasteiger charge is -2.35. The van der Waals surface area contributed by atoms with Crippen LogP contribution in [0.2, 0.25) is 0 Å². The van der Waals surface area contributed by atoms with Crippen LogP contribution in [0.1, 0.15) is 44.6 Å². The molecule has 6 rings (SSSR count). The van der Waals surface area contributed by atoms with E-state index >= 15 is 0 Å². The molecule has 0 unspecified atom stereocenters. The third-order valence-corrected chi connectivity index (χ3v) is 8.06. The zero-order chi connectivity index (χ0) is 25.0. The molecule has 0 radical (unpaired) electrons. The van der Waals surface area contributed by atoms with E-state index in [1.807, 2.05) is 12.1 Å². The highest BCUT2D eigenvalue weighted by Gasteiger charge is 2.45. The Hall–Kier alpha value is -2.85. The Morgan fingerprint density at radius 2 is 1.75 bits per heavy atom. The summed E-state index contributed by atoms with van der Waals surface area (Å²) < 4.78 is 28.5. The molecule has 8 nitrogen and oxygen atoms in total. The smallest absolute Gasteiger partial charge is 0.260 e. The van der Waals surface area contributed by atoms with Crippen LogP contribution in [0.5, 0.6) is 0 Å². The summed E-state index contributed by atoms with van der Waals surface area (Å²) in [5.41, 5.74) is 1.45. The number of piperazine rings is 1. The number of likely N-dealkylation sites (N-methyl/N-ethyl adjacent to an activating group) is 1. The molecular weight excluding hydrogens is 466 g/mol. The van der Waals surface area contributed by atoms with Crippen molar-refractivity contribution in [3.05, 3.63) is 34.7 Å². The van der Waals surface area contributed by atoms with Gasteiger partial charge in [-0.2, -0.15) is 4.98 Å². The molecule has 0 bridgehead atoms. The van der Waals surface area contributed by atoms with Crippen LogP contribution in [0, 0.1) is 0 Å². The number of hydrogen-bond acceptors (Lipinski definition) is 7. The predicted molar refractivity (Wildman–Crippen MR) is 136 cm³/mol. The highest BCUT2D eigenvalue weighted by Crippen LogP contribution is 2.39. The van der Waals surface area contributed by atoms with E-state index in [4.69, 9.17) is 0 Å². The lowest BCUT2D eigenvalue weighted by Crippen LogP contribution is -2.44. The summed E-state index contributed by atoms with van der Waals surface area (Å²) in [4.78, 5) is 27.7. The summed E-state index contributed by atoms with van der Waals surface area (Å²) in [6, 6.07) is 5.55. The molecule has 0 atom stereocenters. The fourth-order valence-electron chi connectivity index (χ4n) is 5.85. The van der Waals surface area contributed by atoms with Gasteiger partial charge in [0.1, 0.15) is 5.65 Å². The maximum atomic E-state index is 14.0. The van der Waals surface area contributed by atoms with E-state index in [1.165, 1.54) is 0 Å². The summed E-state index contributed by atoms with van der Waals surface area (Å²) in [6.45, 7) is 3.76. The maximum absolute atomic E-state index is 14.0. The molecule has 1 aromatic carbocycles. The van der Waals surface area contributed by atoms with Gasteiger partial charge in [0.25, 0.3) is 11.5 Å². The molecule has 2 aromatic heterocycles. The van der Waals surface area contributed by atoms with Gasteiger partial charge in [0, 0.05) is 68.4 Å². The lowest BCUT2D eigenvalue weighted by atomic mass is 9.88. The van der Waals surface area contributed by atoms with Gasteiger partial charge in [0.2, 0.25) is 5.95 Å². The van der Waals surface area contributed by atoms with Gasteiger partial charge in [-0.1, -0.05) is 6.07 Å². The Morgan fingerprint density at radius 3 is 2.44 bits per heavy atom. The van der Waals surface area contributed by atoms with Gasteiger partial charge in [0.15, 0.2) is 0 Å². The minimum Gasteiger partial charge on any atom is -0.393 e. The monoisotopic (exact) mass is 498 g/mol. The van der Waals surface area contributed by atoms with E-state index in [2.05, 4.69) is 38.2 Å². The number of aliphatic hydroxyl groups is 1. The summed E-state index contributed by atoms with van der Waals surface area (Å²) in [5.74, 6) is -2.38. The van der Waals surface area contributed by atoms with Gasteiger partial charge in [-0.25, -0.2) is 13.8 Å². The standard InChI is InChI=1S/C26H32F2N6O2/c1-32-8-10-33(11-9-32)18-4-7-20-21(12-18)24(36)34(17-2-5-19(35)6-3-17)23-22(20)15-29-25(31-23)30-16-13-26(27,28)14-16/h4,7,12,15-17,19,35H,2-3,5-6,8-11,13-14H2,1H3,(H,29,30,31). The van der Waals surface area contributed by atoms with Gasteiger partial charge in [0.05, 0.1) is 11.5 Å². The van der Waals surface area contributed by atoms with Gasteiger partial charge < -0.3 is 20.2 Å². The Kier molecular flexibility index (Phi) is 5.83. The van der Waals surface area contributed by atoms with Crippen molar-refractivity contribution in [3.63, 3.8) is 0 Å². The highest BCUT2D eigenvalue weighted by molar-refractivity contribution is 6.05. The van der Waals surface area contributed by atoms with Crippen molar-refractivity contribution in [2.75, 3.05) is 43.4 Å². The summed E-state index contributed by atoms with van der Waals surface area (Å²) >= 11 is 0. The van der Waals surface area contributed by atoms with E-state index in [0.29, 0.717) is 36.7 Å². The number of aromatic nitrogens is 3. The zero-order valence-electron chi connectivity index (χ0n) is 20.5. The molecule has 36 heavy (non-hydrogen) atoms. The molecule has 192 valence electrons. The molecule has 2 saturated carbocycles. The Morgan fingerprint density at radius 1 is 1.03 bits per heavy atom. The molecule has 2 N–H and O–H groups in total. The van der Waals surface area contributed by atoms with Crippen LogP contribution in [-0.4, -0.2) is 75.8 Å². The third kappa shape index (κ3) is 4.30. The minimum absolute atomic E-state index is 0.0871. The van der Waals surface area contributed by atoms with Crippen molar-refractivity contribution in [3.8, 4) is 0 Å². The van der Waals surface area contributed by atoms with Crippen LogP contribution in [0.15, 0.2) is 29.2 Å². The topological polar surface area (TPSA) is 86.5 Å². The van der Waals surface area contributed by atoms with Crippen LogP contribution >= 0.6 is 0 Å². The molecule has 3 aromatic rings. The minimum atomic E-state index is -2.64. The van der Waals surface area contributed by atoms with E-state index in [-0.39, 0.29) is 42.5 Å². The molecule has 10 heteroatoms. The Labute approximate surface area is 207 Å². The molecule has 3 aliphatic rings. The average Bonchev–Trinajstić information content (AvgIpc) is 2.84. The number of halogens is 2. The van der Waals surface area contributed by atoms with Crippen molar-refractivity contribution in [2.24, 2.45) is 0 Å². The molecule has 3 fully saturated rings. The number of nitrogens with one attached hydrogen (secondary N) is 1. The molecule has 1 saturated heterocycles. The summed E-state index contributed by atoms with van der Waals surface area (Å²) in [6.07, 6.45) is 3.50. The number of hydrogen-bond donors (Lipinski definition) is 2. The van der Waals surface area contributed by atoms with Gasteiger partial charge >= 0.3 is 0 Å². The number of aliphatic hydroxyl groups excluding tert-OH is 1. The van der Waals surface area contributed by atoms with Gasteiger partial charge in [-0.3, -0.25) is 9.36 Å². The normalized spacial score (nSPS) is 25.3. The first kappa shape index (κ1) is 23.5. The predicted octanol–water partition coefficient (Wildman–Crippen LogP) is 3.38. The van der Waals surface area contributed by atoms with Crippen molar-refractivity contribution >= 4 is 33.4 Å². The van der Waals surface area contributed by atoms with Gasteiger partial charge in [-0.15, -0.1) is 0 Å². The lowest BCUT2D eigenvalue weighted by molar-refractivity contribution is -0.0794. The Bertz CT molecular complexity index is 1340. The molecule has 3 heterocycles. The van der Waals surface area contributed by atoms with Crippen LogP contribution in [0.3, 0.4) is 0 Å². The SMILES string of the molecule is CN1CCN(c2ccc3c(c2)c(=O)n(C2CCC(O)CC2)c2nc(NC4CC(F)(F)C4)ncc32)CC1. The molecule has 2 aliphatic carbocycles. The van der Waals surface area contributed by atoms with E-state index in [0.717, 1.165) is 42.6 Å². The van der Waals surface area contributed by atoms with Crippen LogP contribution in [-0.2, 0) is 0 Å². The summed E-state index contributed by atoms with van der Waals surface area (Å²) in [7, 11) is 2.11. The second-order valence-corrected chi connectivity index (χ2v) is 10.7. The third-order valence-electron chi connectivity index (χ3n) is 8.06. The average molecular weight is 499 g/mol. The first-order chi connectivity index (χ1) is 17.3. The molecular formula is C26H32F2N6O2. The number of fused-ring (bicyclic) bond motifs is 3. The van der Waals surface area contributed by atoms with Gasteiger partial charge in [-0.05, 0) is 50.2 Å². The number of anilines is 2. The van der Waals surface area contributed by atoms with Crippen molar-refractivity contribution in [1.29, 1.82) is 0 Å². The zero-order valence-corrected chi connectivity index (χ0v) is 20.5. The number of pyridine rings is 1. The van der Waals surface area contributed by atoms with E-state index in [9.17, 15) is 18.7 Å². The number of nitrogens with zero attached hydrogens (tertiary/aromatic N) is 5. The highest BCUT2D eigenvalue weighted by atomic mass is 19.3. The van der Waals surface area contributed by atoms with E-state index < -0.39 is 5.92 Å². The largest absolute Gasteiger partial charge is 0.393 e. The molecule has 0 amide bonds. The van der Waals surface area contributed by atoms with E-state index in [1.54, 1.807) is 10.8 Å². The molecule has 1 aliphatic heterocycles. The second-order valence-electron chi connectivity index (χ2n) is 10.7. The first-order valence-corrected chi connectivity index (χ1v) is 12.9. The number of alkyl halides is 2.